The fourth-order valence-corrected chi connectivity index (χ4v) is 3.89. The number of benzene rings is 2. The molecule has 0 aliphatic rings. The van der Waals surface area contributed by atoms with E-state index in [1.807, 2.05) is 60.0 Å². The third-order valence-electron chi connectivity index (χ3n) is 3.88. The molecule has 0 fully saturated rings. The summed E-state index contributed by atoms with van der Waals surface area (Å²) in [4.78, 5) is 20.9. The second-order valence-electron chi connectivity index (χ2n) is 5.57. The van der Waals surface area contributed by atoms with Gasteiger partial charge >= 0.3 is 0 Å². The summed E-state index contributed by atoms with van der Waals surface area (Å²) in [5, 5.41) is 5.90. The van der Waals surface area contributed by atoms with Crippen molar-refractivity contribution in [2.24, 2.45) is 0 Å². The van der Waals surface area contributed by atoms with Crippen molar-refractivity contribution in [2.75, 3.05) is 5.32 Å². The van der Waals surface area contributed by atoms with E-state index in [4.69, 9.17) is 0 Å². The van der Waals surface area contributed by atoms with Gasteiger partial charge in [-0.25, -0.2) is 4.98 Å². The summed E-state index contributed by atoms with van der Waals surface area (Å²) in [6.07, 6.45) is 0. The minimum Gasteiger partial charge on any atom is -0.378 e. The minimum absolute atomic E-state index is 0.103. The molecule has 0 saturated heterocycles. The standard InChI is InChI=1S/C19H14BrN3OS/c20-13-8-6-12(7-9-13)15-11-25-19-17(15)18(24)22-16(23-19)10-21-14-4-2-1-3-5-14/h1-9,11,21H,10H2,(H,22,23,24). The molecule has 0 saturated carbocycles. The lowest BCUT2D eigenvalue weighted by Crippen LogP contribution is -2.14. The number of hydrogen-bond acceptors (Lipinski definition) is 4. The summed E-state index contributed by atoms with van der Waals surface area (Å²) in [5.41, 5.74) is 2.82. The predicted molar refractivity (Wildman–Crippen MR) is 107 cm³/mol. The van der Waals surface area contributed by atoms with Crippen molar-refractivity contribution in [3.8, 4) is 11.1 Å². The molecule has 4 aromatic rings. The van der Waals surface area contributed by atoms with Gasteiger partial charge in [0, 0.05) is 21.1 Å². The van der Waals surface area contributed by atoms with Crippen LogP contribution in [0.4, 0.5) is 5.69 Å². The average Bonchev–Trinajstić information content (AvgIpc) is 3.06. The molecule has 2 aromatic heterocycles. The second-order valence-corrected chi connectivity index (χ2v) is 7.34. The Morgan fingerprint density at radius 2 is 1.84 bits per heavy atom. The lowest BCUT2D eigenvalue weighted by atomic mass is 10.1. The van der Waals surface area contributed by atoms with Crippen molar-refractivity contribution < 1.29 is 0 Å². The SMILES string of the molecule is O=c1[nH]c(CNc2ccccc2)nc2scc(-c3ccc(Br)cc3)c12. The fraction of sp³-hybridized carbons (Fsp3) is 0.0526. The van der Waals surface area contributed by atoms with Gasteiger partial charge in [0.2, 0.25) is 0 Å². The van der Waals surface area contributed by atoms with Gasteiger partial charge in [0.1, 0.15) is 10.7 Å². The molecule has 2 aromatic carbocycles. The molecular weight excluding hydrogens is 398 g/mol. The van der Waals surface area contributed by atoms with E-state index in [-0.39, 0.29) is 5.56 Å². The second kappa shape index (κ2) is 6.82. The van der Waals surface area contributed by atoms with E-state index in [9.17, 15) is 4.79 Å². The van der Waals surface area contributed by atoms with Crippen LogP contribution in [0.15, 0.2) is 69.2 Å². The van der Waals surface area contributed by atoms with Gasteiger partial charge in [-0.3, -0.25) is 4.79 Å². The quantitative estimate of drug-likeness (QED) is 0.495. The summed E-state index contributed by atoms with van der Waals surface area (Å²) in [6, 6.07) is 17.8. The number of rotatable bonds is 4. The summed E-state index contributed by atoms with van der Waals surface area (Å²) in [5.74, 6) is 0.630. The minimum atomic E-state index is -0.103. The normalized spacial score (nSPS) is 10.9. The summed E-state index contributed by atoms with van der Waals surface area (Å²) < 4.78 is 1.01. The first kappa shape index (κ1) is 16.1. The van der Waals surface area contributed by atoms with E-state index in [1.165, 1.54) is 11.3 Å². The monoisotopic (exact) mass is 411 g/mol. The molecule has 6 heteroatoms. The molecule has 4 rings (SSSR count). The Bertz CT molecular complexity index is 1070. The highest BCUT2D eigenvalue weighted by molar-refractivity contribution is 9.10. The molecule has 4 nitrogen and oxygen atoms in total. The Hall–Kier alpha value is -2.44. The third-order valence-corrected chi connectivity index (χ3v) is 5.28. The van der Waals surface area contributed by atoms with Crippen molar-refractivity contribution in [2.45, 2.75) is 6.54 Å². The van der Waals surface area contributed by atoms with Crippen LogP contribution in [0.3, 0.4) is 0 Å². The molecule has 0 amide bonds. The Morgan fingerprint density at radius 3 is 2.60 bits per heavy atom. The summed E-state index contributed by atoms with van der Waals surface area (Å²) >= 11 is 4.93. The number of nitrogens with zero attached hydrogens (tertiary/aromatic N) is 1. The zero-order valence-electron chi connectivity index (χ0n) is 13.1. The number of nitrogens with one attached hydrogen (secondary N) is 2. The Kier molecular flexibility index (Phi) is 4.38. The maximum absolute atomic E-state index is 12.6. The molecule has 0 spiro atoms. The molecule has 124 valence electrons. The third kappa shape index (κ3) is 3.36. The first-order valence-electron chi connectivity index (χ1n) is 7.76. The lowest BCUT2D eigenvalue weighted by molar-refractivity contribution is 0.957. The zero-order valence-corrected chi connectivity index (χ0v) is 15.5. The summed E-state index contributed by atoms with van der Waals surface area (Å²) in [6.45, 7) is 0.473. The first-order chi connectivity index (χ1) is 12.2. The van der Waals surface area contributed by atoms with Gasteiger partial charge in [-0.1, -0.05) is 46.3 Å². The predicted octanol–water partition coefficient (Wildman–Crippen LogP) is 5.03. The molecule has 0 bridgehead atoms. The van der Waals surface area contributed by atoms with Crippen LogP contribution in [0.5, 0.6) is 0 Å². The molecular formula is C19H14BrN3OS. The van der Waals surface area contributed by atoms with Crippen LogP contribution in [-0.2, 0) is 6.54 Å². The van der Waals surface area contributed by atoms with Crippen LogP contribution in [0.1, 0.15) is 5.82 Å². The first-order valence-corrected chi connectivity index (χ1v) is 9.43. The molecule has 0 aliphatic carbocycles. The van der Waals surface area contributed by atoms with E-state index in [2.05, 4.69) is 31.2 Å². The number of anilines is 1. The van der Waals surface area contributed by atoms with E-state index >= 15 is 0 Å². The smallest absolute Gasteiger partial charge is 0.260 e. The Labute approximate surface area is 156 Å². The highest BCUT2D eigenvalue weighted by Crippen LogP contribution is 2.31. The largest absolute Gasteiger partial charge is 0.378 e. The maximum atomic E-state index is 12.6. The molecule has 0 atom stereocenters. The highest BCUT2D eigenvalue weighted by atomic mass is 79.9. The number of halogens is 1. The van der Waals surface area contributed by atoms with Crippen molar-refractivity contribution in [1.29, 1.82) is 0 Å². The lowest BCUT2D eigenvalue weighted by Gasteiger charge is -2.06. The number of fused-ring (bicyclic) bond motifs is 1. The Morgan fingerprint density at radius 1 is 1.08 bits per heavy atom. The molecule has 2 heterocycles. The summed E-state index contributed by atoms with van der Waals surface area (Å²) in [7, 11) is 0. The van der Waals surface area contributed by atoms with Gasteiger partial charge in [0.25, 0.3) is 5.56 Å². The highest BCUT2D eigenvalue weighted by Gasteiger charge is 2.12. The van der Waals surface area contributed by atoms with Crippen LogP contribution in [-0.4, -0.2) is 9.97 Å². The molecule has 0 unspecified atom stereocenters. The molecule has 0 radical (unpaired) electrons. The topological polar surface area (TPSA) is 57.8 Å². The van der Waals surface area contributed by atoms with Crippen molar-refractivity contribution >= 4 is 43.2 Å². The number of para-hydroxylation sites is 1. The maximum Gasteiger partial charge on any atom is 0.260 e. The van der Waals surface area contributed by atoms with Crippen LogP contribution in [0.2, 0.25) is 0 Å². The van der Waals surface area contributed by atoms with Gasteiger partial charge in [-0.2, -0.15) is 0 Å². The molecule has 0 aliphatic heterocycles. The van der Waals surface area contributed by atoms with Crippen LogP contribution < -0.4 is 10.9 Å². The van der Waals surface area contributed by atoms with Crippen molar-refractivity contribution in [3.63, 3.8) is 0 Å². The zero-order chi connectivity index (χ0) is 17.2. The number of hydrogen-bond donors (Lipinski definition) is 2. The van der Waals surface area contributed by atoms with Crippen LogP contribution in [0.25, 0.3) is 21.3 Å². The van der Waals surface area contributed by atoms with E-state index in [0.29, 0.717) is 17.8 Å². The van der Waals surface area contributed by atoms with Gasteiger partial charge in [-0.15, -0.1) is 11.3 Å². The number of aromatic amines is 1. The van der Waals surface area contributed by atoms with Gasteiger partial charge in [-0.05, 0) is 29.8 Å². The Balaban J connectivity index is 1.67. The van der Waals surface area contributed by atoms with Crippen molar-refractivity contribution in [1.82, 2.24) is 9.97 Å². The number of thiophene rings is 1. The van der Waals surface area contributed by atoms with Gasteiger partial charge in [0.05, 0.1) is 11.9 Å². The van der Waals surface area contributed by atoms with Crippen LogP contribution >= 0.6 is 27.3 Å². The van der Waals surface area contributed by atoms with E-state index in [1.54, 1.807) is 0 Å². The average molecular weight is 412 g/mol. The molecule has 25 heavy (non-hydrogen) atoms. The van der Waals surface area contributed by atoms with Gasteiger partial charge < -0.3 is 10.3 Å². The van der Waals surface area contributed by atoms with E-state index in [0.717, 1.165) is 26.1 Å². The van der Waals surface area contributed by atoms with Gasteiger partial charge in [0.15, 0.2) is 0 Å². The molecule has 2 N–H and O–H groups in total. The number of H-pyrrole nitrogens is 1. The number of aromatic nitrogens is 2. The van der Waals surface area contributed by atoms with Crippen molar-refractivity contribution in [3.05, 3.63) is 80.6 Å². The fourth-order valence-electron chi connectivity index (χ4n) is 2.66. The van der Waals surface area contributed by atoms with Crippen LogP contribution in [0, 0.1) is 0 Å². The van der Waals surface area contributed by atoms with E-state index < -0.39 is 0 Å².